The maximum atomic E-state index is 15.3. The first-order valence-electron chi connectivity index (χ1n) is 14.9. The van der Waals surface area contributed by atoms with Crippen molar-refractivity contribution >= 4 is 51.7 Å². The van der Waals surface area contributed by atoms with Gasteiger partial charge >= 0.3 is 0 Å². The number of phenols is 1. The number of benzene rings is 3. The molecule has 0 saturated carbocycles. The largest absolute Gasteiger partial charge is 0.508 e. The summed E-state index contributed by atoms with van der Waals surface area (Å²) < 4.78 is 29.7. The van der Waals surface area contributed by atoms with Crippen molar-refractivity contribution in [1.82, 2.24) is 20.1 Å². The SMILES string of the molecule is O=C1CCC(N2Cc3cc(CNc4cccc5c4C(=O)N(C(C(=O)Nc4nccs4)c4cc(F)ccc4O)C5)c(F)cc3C2=O)C(=O)N1. The van der Waals surface area contributed by atoms with Gasteiger partial charge in [0.2, 0.25) is 11.8 Å². The number of fused-ring (bicyclic) bond motifs is 2. The van der Waals surface area contributed by atoms with Gasteiger partial charge in [-0.25, -0.2) is 13.8 Å². The number of nitrogens with one attached hydrogen (secondary N) is 3. The average molecular weight is 673 g/mol. The quantitative estimate of drug-likeness (QED) is 0.206. The van der Waals surface area contributed by atoms with Gasteiger partial charge in [-0.2, -0.15) is 0 Å². The van der Waals surface area contributed by atoms with Crippen LogP contribution >= 0.6 is 11.3 Å². The second-order valence-corrected chi connectivity index (χ2v) is 12.5. The molecule has 4 heterocycles. The maximum Gasteiger partial charge on any atom is 0.257 e. The fraction of sp³-hybridized carbons (Fsp3) is 0.212. The summed E-state index contributed by atoms with van der Waals surface area (Å²) in [6.45, 7) is -0.0472. The van der Waals surface area contributed by atoms with E-state index in [1.54, 1.807) is 23.6 Å². The molecule has 4 aromatic rings. The third-order valence-corrected chi connectivity index (χ3v) is 9.32. The molecule has 0 bridgehead atoms. The van der Waals surface area contributed by atoms with Gasteiger partial charge in [0.15, 0.2) is 5.13 Å². The minimum absolute atomic E-state index is 0.0406. The number of carbonyl (C=O) groups excluding carboxylic acids is 5. The van der Waals surface area contributed by atoms with E-state index in [0.717, 1.165) is 35.6 Å². The first kappa shape index (κ1) is 30.9. The number of piperidine rings is 1. The average Bonchev–Trinajstić information content (AvgIpc) is 3.77. The van der Waals surface area contributed by atoms with Crippen LogP contribution < -0.4 is 16.0 Å². The molecule has 3 aliphatic rings. The Balaban J connectivity index is 1.13. The predicted molar refractivity (Wildman–Crippen MR) is 168 cm³/mol. The van der Waals surface area contributed by atoms with Crippen molar-refractivity contribution in [2.75, 3.05) is 10.6 Å². The predicted octanol–water partition coefficient (Wildman–Crippen LogP) is 3.84. The van der Waals surface area contributed by atoms with Crippen LogP contribution in [0.2, 0.25) is 0 Å². The number of imide groups is 1. The standard InChI is InChI=1S/C33H26F2N6O6S/c34-19-4-6-25(42)21(11-19)28(30(45)39-33-36-8-9-48-33)41-14-16-2-1-3-23(27(16)32(41)47)37-13-17-10-18-15-40(31(46)20(18)12-22(17)35)24-5-7-26(43)38-29(24)44/h1-4,6,8-12,24,28,37,42H,5,7,13-15H2,(H,36,39,45)(H,38,43,44). The monoisotopic (exact) mass is 672 g/mol. The number of carbonyl (C=O) groups is 5. The second-order valence-electron chi connectivity index (χ2n) is 11.6. The molecule has 12 nitrogen and oxygen atoms in total. The highest BCUT2D eigenvalue weighted by Crippen LogP contribution is 2.39. The Morgan fingerprint density at radius 2 is 1.90 bits per heavy atom. The number of anilines is 2. The van der Waals surface area contributed by atoms with Crippen LogP contribution in [0.1, 0.15) is 61.9 Å². The minimum atomic E-state index is -1.42. The van der Waals surface area contributed by atoms with Crippen LogP contribution in [0.4, 0.5) is 19.6 Å². The summed E-state index contributed by atoms with van der Waals surface area (Å²) in [6.07, 6.45) is 1.76. The third kappa shape index (κ3) is 5.51. The second kappa shape index (κ2) is 12.2. The number of amides is 5. The highest BCUT2D eigenvalue weighted by Gasteiger charge is 2.41. The van der Waals surface area contributed by atoms with E-state index < -0.39 is 53.3 Å². The van der Waals surface area contributed by atoms with Crippen LogP contribution in [-0.2, 0) is 34.0 Å². The Hall–Kier alpha value is -5.70. The molecule has 4 N–H and O–H groups in total. The zero-order valence-electron chi connectivity index (χ0n) is 25.0. The van der Waals surface area contributed by atoms with Crippen molar-refractivity contribution in [3.8, 4) is 5.75 Å². The van der Waals surface area contributed by atoms with Crippen molar-refractivity contribution in [1.29, 1.82) is 0 Å². The Bertz CT molecular complexity index is 2020. The molecule has 2 atom stereocenters. The van der Waals surface area contributed by atoms with Gasteiger partial charge < -0.3 is 20.2 Å². The lowest BCUT2D eigenvalue weighted by atomic mass is 10.0. The molecule has 0 aliphatic carbocycles. The molecule has 15 heteroatoms. The van der Waals surface area contributed by atoms with E-state index in [9.17, 15) is 33.5 Å². The normalized spacial score (nSPS) is 17.7. The molecule has 1 fully saturated rings. The number of rotatable bonds is 8. The molecule has 1 aromatic heterocycles. The third-order valence-electron chi connectivity index (χ3n) is 8.63. The lowest BCUT2D eigenvalue weighted by Gasteiger charge is -2.29. The van der Waals surface area contributed by atoms with Crippen LogP contribution in [0, 0.1) is 11.6 Å². The molecule has 3 aromatic carbocycles. The zero-order chi connectivity index (χ0) is 33.7. The summed E-state index contributed by atoms with van der Waals surface area (Å²) in [5.74, 6) is -4.50. The lowest BCUT2D eigenvalue weighted by molar-refractivity contribution is -0.137. The van der Waals surface area contributed by atoms with E-state index in [2.05, 4.69) is 20.9 Å². The van der Waals surface area contributed by atoms with Gasteiger partial charge in [0.05, 0.1) is 5.56 Å². The molecule has 244 valence electrons. The fourth-order valence-corrected chi connectivity index (χ4v) is 6.89. The van der Waals surface area contributed by atoms with Crippen LogP contribution in [0.5, 0.6) is 5.75 Å². The molecular weight excluding hydrogens is 646 g/mol. The van der Waals surface area contributed by atoms with Crippen molar-refractivity contribution in [3.05, 3.63) is 105 Å². The number of aromatic nitrogens is 1. The molecule has 0 spiro atoms. The summed E-state index contributed by atoms with van der Waals surface area (Å²) in [6, 6.07) is 8.57. The number of nitrogens with zero attached hydrogens (tertiary/aromatic N) is 3. The van der Waals surface area contributed by atoms with Gasteiger partial charge in [0.1, 0.15) is 29.5 Å². The van der Waals surface area contributed by atoms with Crippen molar-refractivity contribution in [2.45, 2.75) is 44.6 Å². The summed E-state index contributed by atoms with van der Waals surface area (Å²) in [5, 5.41) is 20.5. The van der Waals surface area contributed by atoms with Crippen LogP contribution in [-0.4, -0.2) is 55.5 Å². The zero-order valence-corrected chi connectivity index (χ0v) is 25.8. The van der Waals surface area contributed by atoms with Gasteiger partial charge in [0, 0.05) is 60.0 Å². The molecular formula is C33H26F2N6O6S. The molecule has 7 rings (SSSR count). The fourth-order valence-electron chi connectivity index (χ4n) is 6.36. The smallest absolute Gasteiger partial charge is 0.257 e. The first-order valence-corrected chi connectivity index (χ1v) is 15.8. The Labute approximate surface area is 275 Å². The van der Waals surface area contributed by atoms with E-state index in [1.165, 1.54) is 22.1 Å². The van der Waals surface area contributed by atoms with E-state index in [0.29, 0.717) is 16.8 Å². The summed E-state index contributed by atoms with van der Waals surface area (Å²) in [5.41, 5.74) is 1.87. The van der Waals surface area contributed by atoms with Gasteiger partial charge in [-0.05, 0) is 53.9 Å². The van der Waals surface area contributed by atoms with E-state index in [-0.39, 0.29) is 65.6 Å². The molecule has 48 heavy (non-hydrogen) atoms. The lowest BCUT2D eigenvalue weighted by Crippen LogP contribution is -2.52. The van der Waals surface area contributed by atoms with Gasteiger partial charge in [-0.15, -0.1) is 11.3 Å². The summed E-state index contributed by atoms with van der Waals surface area (Å²) in [7, 11) is 0. The number of halogens is 2. The molecule has 2 unspecified atom stereocenters. The summed E-state index contributed by atoms with van der Waals surface area (Å²) in [4.78, 5) is 71.2. The topological polar surface area (TPSA) is 161 Å². The van der Waals surface area contributed by atoms with Crippen molar-refractivity contribution in [3.63, 3.8) is 0 Å². The highest BCUT2D eigenvalue weighted by molar-refractivity contribution is 7.13. The molecule has 0 radical (unpaired) electrons. The van der Waals surface area contributed by atoms with E-state index in [1.807, 2.05) is 0 Å². The molecule has 5 amide bonds. The number of hydrogen-bond donors (Lipinski definition) is 4. The minimum Gasteiger partial charge on any atom is -0.508 e. The van der Waals surface area contributed by atoms with E-state index in [4.69, 9.17) is 0 Å². The maximum absolute atomic E-state index is 15.3. The number of phenolic OH excluding ortho intramolecular Hbond substituents is 1. The van der Waals surface area contributed by atoms with Gasteiger partial charge in [-0.1, -0.05) is 12.1 Å². The number of hydrogen-bond acceptors (Lipinski definition) is 9. The molecule has 3 aliphatic heterocycles. The van der Waals surface area contributed by atoms with Crippen molar-refractivity contribution < 1.29 is 37.9 Å². The van der Waals surface area contributed by atoms with Crippen LogP contribution in [0.3, 0.4) is 0 Å². The summed E-state index contributed by atoms with van der Waals surface area (Å²) >= 11 is 1.15. The van der Waals surface area contributed by atoms with Crippen LogP contribution in [0.15, 0.2) is 60.1 Å². The first-order chi connectivity index (χ1) is 23.1. The van der Waals surface area contributed by atoms with Gasteiger partial charge in [0.25, 0.3) is 17.7 Å². The Morgan fingerprint density at radius 1 is 1.06 bits per heavy atom. The van der Waals surface area contributed by atoms with Gasteiger partial charge in [-0.3, -0.25) is 34.6 Å². The Kier molecular flexibility index (Phi) is 7.83. The van der Waals surface area contributed by atoms with Crippen LogP contribution in [0.25, 0.3) is 0 Å². The Morgan fingerprint density at radius 3 is 2.67 bits per heavy atom. The van der Waals surface area contributed by atoms with Crippen molar-refractivity contribution in [2.24, 2.45) is 0 Å². The number of aromatic hydroxyl groups is 1. The molecule has 1 saturated heterocycles. The van der Waals surface area contributed by atoms with E-state index >= 15 is 4.39 Å². The highest BCUT2D eigenvalue weighted by atomic mass is 32.1. The number of thiazole rings is 1.